The van der Waals surface area contributed by atoms with Crippen LogP contribution in [0.4, 0.5) is 11.8 Å². The van der Waals surface area contributed by atoms with E-state index in [1.165, 1.54) is 23.1 Å². The monoisotopic (exact) mass is 248 g/mol. The van der Waals surface area contributed by atoms with E-state index in [0.717, 1.165) is 30.2 Å². The highest BCUT2D eigenvalue weighted by Crippen LogP contribution is 2.33. The number of thiophene rings is 1. The third kappa shape index (κ3) is 1.84. The van der Waals surface area contributed by atoms with Gasteiger partial charge in [0.2, 0.25) is 5.95 Å². The Hall–Kier alpha value is -1.36. The van der Waals surface area contributed by atoms with Gasteiger partial charge in [-0.1, -0.05) is 6.92 Å². The van der Waals surface area contributed by atoms with Crippen molar-refractivity contribution in [2.45, 2.75) is 26.2 Å². The number of nitrogens with two attached hydrogens (primary N) is 1. The van der Waals surface area contributed by atoms with Crippen LogP contribution in [0.3, 0.4) is 0 Å². The number of anilines is 2. The van der Waals surface area contributed by atoms with E-state index >= 15 is 0 Å². The second-order valence-electron chi connectivity index (χ2n) is 4.38. The summed E-state index contributed by atoms with van der Waals surface area (Å²) in [4.78, 5) is 13.5. The van der Waals surface area contributed by atoms with Gasteiger partial charge in [0.05, 0.1) is 5.39 Å². The van der Waals surface area contributed by atoms with Crippen LogP contribution in [-0.2, 0) is 6.42 Å². The molecule has 0 spiro atoms. The summed E-state index contributed by atoms with van der Waals surface area (Å²) < 4.78 is 0. The van der Waals surface area contributed by atoms with Gasteiger partial charge in [0, 0.05) is 18.0 Å². The van der Waals surface area contributed by atoms with E-state index in [9.17, 15) is 0 Å². The summed E-state index contributed by atoms with van der Waals surface area (Å²) in [5, 5.41) is 1.17. The second-order valence-corrected chi connectivity index (χ2v) is 5.50. The maximum atomic E-state index is 5.80. The number of fused-ring (bicyclic) bond motifs is 1. The smallest absolute Gasteiger partial charge is 0.223 e. The van der Waals surface area contributed by atoms with Crippen LogP contribution in [0.15, 0.2) is 6.07 Å². The van der Waals surface area contributed by atoms with Gasteiger partial charge in [0.15, 0.2) is 0 Å². The molecule has 90 valence electrons. The van der Waals surface area contributed by atoms with Crippen LogP contribution in [0.5, 0.6) is 0 Å². The van der Waals surface area contributed by atoms with Crippen LogP contribution in [-0.4, -0.2) is 23.1 Å². The Morgan fingerprint density at radius 1 is 1.35 bits per heavy atom. The Kier molecular flexibility index (Phi) is 2.63. The van der Waals surface area contributed by atoms with Gasteiger partial charge in [-0.3, -0.25) is 0 Å². The molecular formula is C12H16N4S. The molecule has 4 nitrogen and oxygen atoms in total. The Morgan fingerprint density at radius 3 is 2.82 bits per heavy atom. The first-order valence-electron chi connectivity index (χ1n) is 6.09. The predicted molar refractivity (Wildman–Crippen MR) is 72.7 cm³/mol. The van der Waals surface area contributed by atoms with Crippen molar-refractivity contribution in [1.29, 1.82) is 0 Å². The molecule has 1 aliphatic rings. The number of hydrogen-bond acceptors (Lipinski definition) is 5. The fraction of sp³-hybridized carbons (Fsp3) is 0.500. The highest BCUT2D eigenvalue weighted by Gasteiger charge is 2.18. The summed E-state index contributed by atoms with van der Waals surface area (Å²) >= 11 is 1.73. The number of aryl methyl sites for hydroxylation is 1. The van der Waals surface area contributed by atoms with Crippen molar-refractivity contribution in [3.05, 3.63) is 10.9 Å². The standard InChI is InChI=1S/C12H16N4S/c1-2-8-7-9-10(16-5-3-4-6-16)14-12(13)15-11(9)17-8/h7H,2-6H2,1H3,(H2,13,14,15). The second kappa shape index (κ2) is 4.14. The molecule has 5 heteroatoms. The van der Waals surface area contributed by atoms with Crippen molar-refractivity contribution < 1.29 is 0 Å². The van der Waals surface area contributed by atoms with E-state index < -0.39 is 0 Å². The fourth-order valence-electron chi connectivity index (χ4n) is 2.32. The largest absolute Gasteiger partial charge is 0.368 e. The Balaban J connectivity index is 2.17. The van der Waals surface area contributed by atoms with E-state index in [-0.39, 0.29) is 0 Å². The van der Waals surface area contributed by atoms with E-state index in [2.05, 4.69) is 27.9 Å². The number of rotatable bonds is 2. The first-order valence-corrected chi connectivity index (χ1v) is 6.90. The molecular weight excluding hydrogens is 232 g/mol. The zero-order chi connectivity index (χ0) is 11.8. The molecule has 1 fully saturated rings. The highest BCUT2D eigenvalue weighted by molar-refractivity contribution is 7.18. The first-order chi connectivity index (χ1) is 8.28. The summed E-state index contributed by atoms with van der Waals surface area (Å²) in [6, 6.07) is 2.22. The Morgan fingerprint density at radius 2 is 2.12 bits per heavy atom. The molecule has 2 N–H and O–H groups in total. The van der Waals surface area contributed by atoms with Crippen LogP contribution in [0.1, 0.15) is 24.6 Å². The zero-order valence-electron chi connectivity index (χ0n) is 9.94. The van der Waals surface area contributed by atoms with E-state index in [1.54, 1.807) is 11.3 Å². The maximum Gasteiger partial charge on any atom is 0.223 e. The van der Waals surface area contributed by atoms with Gasteiger partial charge in [-0.25, -0.2) is 4.98 Å². The average molecular weight is 248 g/mol. The van der Waals surface area contributed by atoms with Crippen molar-refractivity contribution in [2.24, 2.45) is 0 Å². The molecule has 0 amide bonds. The molecule has 2 aromatic heterocycles. The van der Waals surface area contributed by atoms with Crippen molar-refractivity contribution in [2.75, 3.05) is 23.7 Å². The SMILES string of the molecule is CCc1cc2c(N3CCCC3)nc(N)nc2s1. The van der Waals surface area contributed by atoms with Crippen LogP contribution in [0.2, 0.25) is 0 Å². The normalized spacial score (nSPS) is 15.9. The van der Waals surface area contributed by atoms with E-state index in [1.807, 2.05) is 0 Å². The lowest BCUT2D eigenvalue weighted by molar-refractivity contribution is 0.943. The van der Waals surface area contributed by atoms with Gasteiger partial charge < -0.3 is 10.6 Å². The third-order valence-corrected chi connectivity index (χ3v) is 4.37. The van der Waals surface area contributed by atoms with Crippen LogP contribution in [0, 0.1) is 0 Å². The van der Waals surface area contributed by atoms with E-state index in [4.69, 9.17) is 5.73 Å². The maximum absolute atomic E-state index is 5.80. The van der Waals surface area contributed by atoms with Crippen LogP contribution in [0.25, 0.3) is 10.2 Å². The third-order valence-electron chi connectivity index (χ3n) is 3.20. The molecule has 3 heterocycles. The van der Waals surface area contributed by atoms with Gasteiger partial charge in [0.1, 0.15) is 10.6 Å². The number of nitrogen functional groups attached to an aromatic ring is 1. The molecule has 0 radical (unpaired) electrons. The minimum absolute atomic E-state index is 0.393. The quantitative estimate of drug-likeness (QED) is 0.887. The minimum Gasteiger partial charge on any atom is -0.368 e. The van der Waals surface area contributed by atoms with Gasteiger partial charge in [-0.05, 0) is 25.3 Å². The number of nitrogens with zero attached hydrogens (tertiary/aromatic N) is 3. The molecule has 0 aromatic carbocycles. The zero-order valence-corrected chi connectivity index (χ0v) is 10.8. The lowest BCUT2D eigenvalue weighted by atomic mass is 10.3. The summed E-state index contributed by atoms with van der Waals surface area (Å²) in [7, 11) is 0. The average Bonchev–Trinajstić information content (AvgIpc) is 2.96. The fourth-order valence-corrected chi connectivity index (χ4v) is 3.29. The predicted octanol–water partition coefficient (Wildman–Crippen LogP) is 2.44. The first kappa shape index (κ1) is 10.8. The topological polar surface area (TPSA) is 55.0 Å². The van der Waals surface area contributed by atoms with Gasteiger partial charge in [0.25, 0.3) is 0 Å². The minimum atomic E-state index is 0.393. The highest BCUT2D eigenvalue weighted by atomic mass is 32.1. The molecule has 0 unspecified atom stereocenters. The van der Waals surface area contributed by atoms with Crippen LogP contribution < -0.4 is 10.6 Å². The lowest BCUT2D eigenvalue weighted by Crippen LogP contribution is -2.19. The van der Waals surface area contributed by atoms with Crippen molar-refractivity contribution in [1.82, 2.24) is 9.97 Å². The van der Waals surface area contributed by atoms with Gasteiger partial charge in [-0.15, -0.1) is 11.3 Å². The summed E-state index contributed by atoms with van der Waals surface area (Å²) in [5.41, 5.74) is 5.80. The summed E-state index contributed by atoms with van der Waals surface area (Å²) in [5.74, 6) is 1.42. The van der Waals surface area contributed by atoms with Crippen LogP contribution >= 0.6 is 11.3 Å². The molecule has 0 bridgehead atoms. The van der Waals surface area contributed by atoms with Gasteiger partial charge in [-0.2, -0.15) is 4.98 Å². The molecule has 17 heavy (non-hydrogen) atoms. The summed E-state index contributed by atoms with van der Waals surface area (Å²) in [6.07, 6.45) is 3.53. The molecule has 1 aliphatic heterocycles. The molecule has 2 aromatic rings. The Labute approximate surface area is 104 Å². The number of hydrogen-bond donors (Lipinski definition) is 1. The van der Waals surface area contributed by atoms with Crippen molar-refractivity contribution in [3.8, 4) is 0 Å². The molecule has 1 saturated heterocycles. The molecule has 0 saturated carbocycles. The van der Waals surface area contributed by atoms with E-state index in [0.29, 0.717) is 5.95 Å². The number of aromatic nitrogens is 2. The molecule has 0 aliphatic carbocycles. The molecule has 0 atom stereocenters. The van der Waals surface area contributed by atoms with Gasteiger partial charge >= 0.3 is 0 Å². The van der Waals surface area contributed by atoms with Crippen molar-refractivity contribution >= 4 is 33.3 Å². The lowest BCUT2D eigenvalue weighted by Gasteiger charge is -2.17. The molecule has 3 rings (SSSR count). The van der Waals surface area contributed by atoms with Crippen molar-refractivity contribution in [3.63, 3.8) is 0 Å². The Bertz CT molecular complexity index is 543. The summed E-state index contributed by atoms with van der Waals surface area (Å²) in [6.45, 7) is 4.34.